The van der Waals surface area contributed by atoms with Gasteiger partial charge in [0.15, 0.2) is 0 Å². The molecule has 2 bridgehead atoms. The third-order valence-corrected chi connectivity index (χ3v) is 6.12. The van der Waals surface area contributed by atoms with Crippen molar-refractivity contribution in [2.24, 2.45) is 5.92 Å². The average molecular weight is 343 g/mol. The fraction of sp³-hybridized carbons (Fsp3) is 0.348. The van der Waals surface area contributed by atoms with Gasteiger partial charge < -0.3 is 5.32 Å². The first-order valence-electron chi connectivity index (χ1n) is 9.65. The number of likely N-dealkylation sites (tertiary alicyclic amines) is 1. The van der Waals surface area contributed by atoms with Gasteiger partial charge in [-0.25, -0.2) is 0 Å². The lowest BCUT2D eigenvalue weighted by Gasteiger charge is -2.34. The number of hydrogen-bond donors (Lipinski definition) is 1. The van der Waals surface area contributed by atoms with Gasteiger partial charge in [-0.1, -0.05) is 42.0 Å². The van der Waals surface area contributed by atoms with Gasteiger partial charge in [0.2, 0.25) is 0 Å². The highest BCUT2D eigenvalue weighted by atomic mass is 15.2. The highest BCUT2D eigenvalue weighted by Gasteiger charge is 2.44. The highest BCUT2D eigenvalue weighted by Crippen LogP contribution is 2.40. The second kappa shape index (κ2) is 6.40. The van der Waals surface area contributed by atoms with Gasteiger partial charge >= 0.3 is 0 Å². The van der Waals surface area contributed by atoms with Gasteiger partial charge in [-0.05, 0) is 43.4 Å². The summed E-state index contributed by atoms with van der Waals surface area (Å²) in [5, 5.41) is 6.35. The molecule has 3 heteroatoms. The van der Waals surface area contributed by atoms with Crippen molar-refractivity contribution in [3.63, 3.8) is 0 Å². The number of aromatic nitrogens is 1. The molecule has 5 rings (SSSR count). The van der Waals surface area contributed by atoms with Crippen molar-refractivity contribution in [2.75, 3.05) is 11.9 Å². The lowest BCUT2D eigenvalue weighted by molar-refractivity contribution is 0.193. The van der Waals surface area contributed by atoms with Gasteiger partial charge in [0.25, 0.3) is 0 Å². The number of piperidine rings is 1. The predicted octanol–water partition coefficient (Wildman–Crippen LogP) is 4.62. The Bertz CT molecular complexity index is 913. The maximum Gasteiger partial charge on any atom is 0.0423 e. The van der Waals surface area contributed by atoms with E-state index >= 15 is 0 Å². The normalized spacial score (nSPS) is 25.0. The van der Waals surface area contributed by atoms with Crippen molar-refractivity contribution in [1.82, 2.24) is 9.88 Å². The molecule has 2 fully saturated rings. The number of fused-ring (bicyclic) bond motifs is 3. The Morgan fingerprint density at radius 1 is 1.08 bits per heavy atom. The van der Waals surface area contributed by atoms with Gasteiger partial charge in [-0.2, -0.15) is 0 Å². The molecule has 2 heterocycles. The topological polar surface area (TPSA) is 28.2 Å². The average Bonchev–Trinajstić information content (AvgIpc) is 3.24. The Balaban J connectivity index is 1.35. The van der Waals surface area contributed by atoms with Crippen LogP contribution in [0.4, 0.5) is 5.69 Å². The highest BCUT2D eigenvalue weighted by molar-refractivity contribution is 5.93. The molecule has 3 nitrogen and oxygen atoms in total. The molecule has 1 aromatic heterocycles. The van der Waals surface area contributed by atoms with Crippen molar-refractivity contribution < 1.29 is 0 Å². The standard InChI is InChI=1S/C23H25N3/c1-16-5-7-17(8-6-16)14-26-15-18-11-22(23(26)12-18)25-21-4-2-3-19-13-24-10-9-20(19)21/h2-10,13,18,22-23,25H,11-12,14-15H2,1H3. The lowest BCUT2D eigenvalue weighted by atomic mass is 10.0. The van der Waals surface area contributed by atoms with E-state index in [1.54, 1.807) is 0 Å². The van der Waals surface area contributed by atoms with Crippen molar-refractivity contribution in [2.45, 2.75) is 38.4 Å². The van der Waals surface area contributed by atoms with Crippen LogP contribution in [0, 0.1) is 12.8 Å². The Morgan fingerprint density at radius 3 is 2.81 bits per heavy atom. The zero-order chi connectivity index (χ0) is 17.5. The first-order valence-corrected chi connectivity index (χ1v) is 9.65. The molecule has 26 heavy (non-hydrogen) atoms. The first-order chi connectivity index (χ1) is 12.8. The maximum atomic E-state index is 4.25. The van der Waals surface area contributed by atoms with Crippen LogP contribution < -0.4 is 5.32 Å². The summed E-state index contributed by atoms with van der Waals surface area (Å²) in [7, 11) is 0. The van der Waals surface area contributed by atoms with E-state index in [-0.39, 0.29) is 0 Å². The number of nitrogens with zero attached hydrogens (tertiary/aromatic N) is 2. The molecule has 1 aliphatic carbocycles. The molecule has 2 aliphatic rings. The summed E-state index contributed by atoms with van der Waals surface area (Å²) in [6, 6.07) is 18.8. The second-order valence-electron chi connectivity index (χ2n) is 7.97. The zero-order valence-corrected chi connectivity index (χ0v) is 15.2. The number of benzene rings is 2. The molecule has 1 aliphatic heterocycles. The number of hydrogen-bond acceptors (Lipinski definition) is 3. The van der Waals surface area contributed by atoms with E-state index in [1.165, 1.54) is 47.0 Å². The molecule has 2 aromatic carbocycles. The second-order valence-corrected chi connectivity index (χ2v) is 7.97. The van der Waals surface area contributed by atoms with Crippen molar-refractivity contribution in [3.05, 3.63) is 72.1 Å². The van der Waals surface area contributed by atoms with Crippen LogP contribution in [0.5, 0.6) is 0 Å². The van der Waals surface area contributed by atoms with Crippen molar-refractivity contribution in [3.8, 4) is 0 Å². The van der Waals surface area contributed by atoms with E-state index in [0.717, 1.165) is 12.5 Å². The van der Waals surface area contributed by atoms with E-state index in [0.29, 0.717) is 12.1 Å². The van der Waals surface area contributed by atoms with E-state index in [1.807, 2.05) is 12.4 Å². The summed E-state index contributed by atoms with van der Waals surface area (Å²) in [6.45, 7) is 4.47. The van der Waals surface area contributed by atoms with Crippen LogP contribution in [0.3, 0.4) is 0 Å². The van der Waals surface area contributed by atoms with Gasteiger partial charge in [0.1, 0.15) is 0 Å². The number of anilines is 1. The number of rotatable bonds is 4. The molecule has 1 saturated carbocycles. The fourth-order valence-corrected chi connectivity index (χ4v) is 4.85. The molecule has 132 valence electrons. The molecular weight excluding hydrogens is 318 g/mol. The van der Waals surface area contributed by atoms with Crippen LogP contribution in [0.1, 0.15) is 24.0 Å². The first kappa shape index (κ1) is 15.8. The SMILES string of the molecule is Cc1ccc(CN2CC3CC(Nc4cccc5cnccc45)C2C3)cc1. The monoisotopic (exact) mass is 343 g/mol. The molecule has 3 aromatic rings. The summed E-state index contributed by atoms with van der Waals surface area (Å²) in [4.78, 5) is 6.94. The maximum absolute atomic E-state index is 4.25. The van der Waals surface area contributed by atoms with E-state index < -0.39 is 0 Å². The largest absolute Gasteiger partial charge is 0.380 e. The van der Waals surface area contributed by atoms with E-state index in [4.69, 9.17) is 0 Å². The van der Waals surface area contributed by atoms with Gasteiger partial charge in [0, 0.05) is 54.0 Å². The summed E-state index contributed by atoms with van der Waals surface area (Å²) < 4.78 is 0. The molecular formula is C23H25N3. The van der Waals surface area contributed by atoms with Crippen molar-refractivity contribution in [1.29, 1.82) is 0 Å². The Kier molecular flexibility index (Phi) is 3.90. The predicted molar refractivity (Wildman–Crippen MR) is 107 cm³/mol. The minimum atomic E-state index is 0.540. The van der Waals surface area contributed by atoms with Crippen molar-refractivity contribution >= 4 is 16.5 Å². The van der Waals surface area contributed by atoms with Crippen LogP contribution in [0.15, 0.2) is 60.9 Å². The van der Waals surface area contributed by atoms with Gasteiger partial charge in [-0.3, -0.25) is 9.88 Å². The molecule has 0 spiro atoms. The van der Waals surface area contributed by atoms with Gasteiger partial charge in [-0.15, -0.1) is 0 Å². The summed E-state index contributed by atoms with van der Waals surface area (Å²) in [6.07, 6.45) is 6.45. The fourth-order valence-electron chi connectivity index (χ4n) is 4.85. The number of nitrogens with one attached hydrogen (secondary N) is 1. The van der Waals surface area contributed by atoms with Crippen LogP contribution >= 0.6 is 0 Å². The minimum absolute atomic E-state index is 0.540. The van der Waals surface area contributed by atoms with Crippen LogP contribution in [-0.2, 0) is 6.54 Å². The number of aryl methyl sites for hydroxylation is 1. The van der Waals surface area contributed by atoms with Crippen LogP contribution in [0.25, 0.3) is 10.8 Å². The molecule has 3 atom stereocenters. The van der Waals surface area contributed by atoms with Crippen LogP contribution in [-0.4, -0.2) is 28.5 Å². The molecule has 1 N–H and O–H groups in total. The molecule has 1 saturated heterocycles. The van der Waals surface area contributed by atoms with E-state index in [9.17, 15) is 0 Å². The third-order valence-electron chi connectivity index (χ3n) is 6.12. The Labute approximate surface area is 155 Å². The molecule has 0 radical (unpaired) electrons. The molecule has 3 unspecified atom stereocenters. The lowest BCUT2D eigenvalue weighted by Crippen LogP contribution is -2.44. The van der Waals surface area contributed by atoms with Crippen LogP contribution in [0.2, 0.25) is 0 Å². The summed E-state index contributed by atoms with van der Waals surface area (Å²) in [5.74, 6) is 0.833. The quantitative estimate of drug-likeness (QED) is 0.749. The summed E-state index contributed by atoms with van der Waals surface area (Å²) in [5.41, 5.74) is 4.01. The summed E-state index contributed by atoms with van der Waals surface area (Å²) >= 11 is 0. The Morgan fingerprint density at radius 2 is 1.96 bits per heavy atom. The smallest absolute Gasteiger partial charge is 0.0423 e. The van der Waals surface area contributed by atoms with E-state index in [2.05, 4.69) is 70.7 Å². The number of pyridine rings is 1. The minimum Gasteiger partial charge on any atom is -0.380 e. The third kappa shape index (κ3) is 2.86. The molecule has 0 amide bonds. The Hall–Kier alpha value is -2.39. The zero-order valence-electron chi connectivity index (χ0n) is 15.2. The van der Waals surface area contributed by atoms with Gasteiger partial charge in [0.05, 0.1) is 0 Å².